The number of hydrogen-bond acceptors (Lipinski definition) is 2. The Labute approximate surface area is 122 Å². The summed E-state index contributed by atoms with van der Waals surface area (Å²) in [5, 5.41) is 4.38. The Kier molecular flexibility index (Phi) is 3.28. The first-order chi connectivity index (χ1) is 9.66. The number of rotatable bonds is 3. The van der Waals surface area contributed by atoms with Gasteiger partial charge in [0.05, 0.1) is 17.6 Å². The number of aromatic nitrogens is 4. The molecule has 0 atom stereocenters. The van der Waals surface area contributed by atoms with Gasteiger partial charge in [0.1, 0.15) is 0 Å². The van der Waals surface area contributed by atoms with E-state index in [2.05, 4.69) is 36.1 Å². The lowest BCUT2D eigenvalue weighted by Crippen LogP contribution is -2.00. The molecular weight excluding hydrogens is 268 g/mol. The standard InChI is InChI=1S/C15H16N4S/c1-11(2)18-10-13(8-17-18)19-14(9-16-15(19)20)12-6-4-3-5-7-12/h3-11H,1-2H3,(H,16,20). The second-order valence-electron chi connectivity index (χ2n) is 4.95. The van der Waals surface area contributed by atoms with Gasteiger partial charge in [-0.3, -0.25) is 9.25 Å². The molecule has 0 unspecified atom stereocenters. The van der Waals surface area contributed by atoms with Crippen LogP contribution >= 0.6 is 12.2 Å². The summed E-state index contributed by atoms with van der Waals surface area (Å²) in [5.41, 5.74) is 3.14. The molecule has 0 aliphatic rings. The van der Waals surface area contributed by atoms with E-state index in [0.717, 1.165) is 16.9 Å². The number of H-pyrrole nitrogens is 1. The molecule has 0 fully saturated rings. The van der Waals surface area contributed by atoms with Gasteiger partial charge in [-0.1, -0.05) is 30.3 Å². The molecule has 1 N–H and O–H groups in total. The fraction of sp³-hybridized carbons (Fsp3) is 0.200. The van der Waals surface area contributed by atoms with Gasteiger partial charge >= 0.3 is 0 Å². The number of benzene rings is 1. The van der Waals surface area contributed by atoms with Crippen LogP contribution in [0.2, 0.25) is 0 Å². The number of nitrogens with zero attached hydrogens (tertiary/aromatic N) is 3. The molecule has 0 saturated heterocycles. The minimum absolute atomic E-state index is 0.331. The first-order valence-corrected chi connectivity index (χ1v) is 6.98. The molecule has 0 amide bonds. The van der Waals surface area contributed by atoms with Crippen molar-refractivity contribution in [3.05, 3.63) is 53.7 Å². The van der Waals surface area contributed by atoms with E-state index in [1.807, 2.05) is 46.0 Å². The quantitative estimate of drug-likeness (QED) is 0.739. The molecule has 20 heavy (non-hydrogen) atoms. The first kappa shape index (κ1) is 12.9. The molecule has 3 aromatic rings. The topological polar surface area (TPSA) is 38.5 Å². The van der Waals surface area contributed by atoms with Crippen molar-refractivity contribution in [2.75, 3.05) is 0 Å². The molecular formula is C15H16N4S. The molecule has 1 aromatic carbocycles. The van der Waals surface area contributed by atoms with Gasteiger partial charge in [-0.15, -0.1) is 0 Å². The maximum atomic E-state index is 5.40. The second kappa shape index (κ2) is 5.09. The van der Waals surface area contributed by atoms with Gasteiger partial charge in [-0.25, -0.2) is 0 Å². The zero-order valence-corrected chi connectivity index (χ0v) is 12.3. The van der Waals surface area contributed by atoms with Crippen LogP contribution in [0.1, 0.15) is 19.9 Å². The largest absolute Gasteiger partial charge is 0.336 e. The predicted molar refractivity (Wildman–Crippen MR) is 82.6 cm³/mol. The predicted octanol–water partition coefficient (Wildman–Crippen LogP) is 3.98. The van der Waals surface area contributed by atoms with Crippen molar-refractivity contribution in [1.82, 2.24) is 19.3 Å². The van der Waals surface area contributed by atoms with Crippen LogP contribution in [0.15, 0.2) is 48.9 Å². The molecule has 5 heteroatoms. The third kappa shape index (κ3) is 2.20. The molecule has 0 aliphatic carbocycles. The Morgan fingerprint density at radius 2 is 1.95 bits per heavy atom. The zero-order valence-electron chi connectivity index (χ0n) is 11.4. The molecule has 0 aliphatic heterocycles. The number of aromatic amines is 1. The normalized spacial score (nSPS) is 11.2. The summed E-state index contributed by atoms with van der Waals surface area (Å²) >= 11 is 5.40. The Morgan fingerprint density at radius 1 is 1.20 bits per heavy atom. The Bertz CT molecular complexity index is 765. The van der Waals surface area contributed by atoms with E-state index in [0.29, 0.717) is 10.8 Å². The van der Waals surface area contributed by atoms with Crippen molar-refractivity contribution < 1.29 is 0 Å². The third-order valence-corrected chi connectivity index (χ3v) is 3.52. The highest BCUT2D eigenvalue weighted by Gasteiger charge is 2.11. The molecule has 3 rings (SSSR count). The molecule has 2 heterocycles. The zero-order chi connectivity index (χ0) is 14.1. The van der Waals surface area contributed by atoms with E-state index in [9.17, 15) is 0 Å². The molecule has 0 spiro atoms. The van der Waals surface area contributed by atoms with Crippen LogP contribution in [-0.4, -0.2) is 19.3 Å². The van der Waals surface area contributed by atoms with Gasteiger partial charge in [-0.2, -0.15) is 5.10 Å². The highest BCUT2D eigenvalue weighted by atomic mass is 32.1. The summed E-state index contributed by atoms with van der Waals surface area (Å²) in [7, 11) is 0. The molecule has 0 radical (unpaired) electrons. The summed E-state index contributed by atoms with van der Waals surface area (Å²) in [4.78, 5) is 3.11. The average molecular weight is 284 g/mol. The lowest BCUT2D eigenvalue weighted by atomic mass is 10.2. The van der Waals surface area contributed by atoms with Crippen molar-refractivity contribution in [2.45, 2.75) is 19.9 Å². The maximum Gasteiger partial charge on any atom is 0.182 e. The molecule has 0 bridgehead atoms. The summed E-state index contributed by atoms with van der Waals surface area (Å²) in [6.07, 6.45) is 5.79. The molecule has 4 nitrogen and oxygen atoms in total. The van der Waals surface area contributed by atoms with Gasteiger partial charge in [-0.05, 0) is 26.1 Å². The highest BCUT2D eigenvalue weighted by molar-refractivity contribution is 7.71. The smallest absolute Gasteiger partial charge is 0.182 e. The fourth-order valence-corrected chi connectivity index (χ4v) is 2.43. The van der Waals surface area contributed by atoms with Crippen molar-refractivity contribution >= 4 is 12.2 Å². The van der Waals surface area contributed by atoms with Gasteiger partial charge in [0.25, 0.3) is 0 Å². The molecule has 102 valence electrons. The minimum Gasteiger partial charge on any atom is -0.336 e. The summed E-state index contributed by atoms with van der Waals surface area (Å²) in [6, 6.07) is 10.5. The van der Waals surface area contributed by atoms with E-state index in [4.69, 9.17) is 12.2 Å². The molecule has 2 aromatic heterocycles. The van der Waals surface area contributed by atoms with Crippen LogP contribution in [0.5, 0.6) is 0 Å². The summed E-state index contributed by atoms with van der Waals surface area (Å²) in [5.74, 6) is 0. The number of imidazole rings is 1. The number of nitrogens with one attached hydrogen (secondary N) is 1. The summed E-state index contributed by atoms with van der Waals surface area (Å²) < 4.78 is 4.61. The Hall–Kier alpha value is -2.14. The van der Waals surface area contributed by atoms with Crippen LogP contribution < -0.4 is 0 Å². The Balaban J connectivity index is 2.14. The first-order valence-electron chi connectivity index (χ1n) is 6.57. The van der Waals surface area contributed by atoms with Crippen molar-refractivity contribution in [1.29, 1.82) is 0 Å². The van der Waals surface area contributed by atoms with Crippen LogP contribution in [-0.2, 0) is 0 Å². The molecule has 0 saturated carbocycles. The average Bonchev–Trinajstić information content (AvgIpc) is 3.06. The van der Waals surface area contributed by atoms with E-state index in [1.54, 1.807) is 0 Å². The van der Waals surface area contributed by atoms with Crippen LogP contribution in [0, 0.1) is 4.77 Å². The monoisotopic (exact) mass is 284 g/mol. The van der Waals surface area contributed by atoms with Crippen molar-refractivity contribution in [2.24, 2.45) is 0 Å². The SMILES string of the molecule is CC(C)n1cc(-n2c(-c3ccccc3)c[nH]c2=S)cn1. The maximum absolute atomic E-state index is 5.40. The third-order valence-electron chi connectivity index (χ3n) is 3.22. The number of hydrogen-bond donors (Lipinski definition) is 1. The minimum atomic E-state index is 0.331. The van der Waals surface area contributed by atoms with Crippen LogP contribution in [0.3, 0.4) is 0 Å². The van der Waals surface area contributed by atoms with E-state index < -0.39 is 0 Å². The van der Waals surface area contributed by atoms with E-state index in [1.165, 1.54) is 0 Å². The van der Waals surface area contributed by atoms with Crippen LogP contribution in [0.25, 0.3) is 16.9 Å². The van der Waals surface area contributed by atoms with Crippen molar-refractivity contribution in [3.63, 3.8) is 0 Å². The van der Waals surface area contributed by atoms with Gasteiger partial charge in [0, 0.05) is 24.0 Å². The van der Waals surface area contributed by atoms with Crippen LogP contribution in [0.4, 0.5) is 0 Å². The van der Waals surface area contributed by atoms with Gasteiger partial charge < -0.3 is 4.98 Å². The van der Waals surface area contributed by atoms with Gasteiger partial charge in [0.15, 0.2) is 4.77 Å². The van der Waals surface area contributed by atoms with E-state index in [-0.39, 0.29) is 0 Å². The lowest BCUT2D eigenvalue weighted by Gasteiger charge is -2.06. The lowest BCUT2D eigenvalue weighted by molar-refractivity contribution is 0.532. The second-order valence-corrected chi connectivity index (χ2v) is 5.34. The van der Waals surface area contributed by atoms with E-state index >= 15 is 0 Å². The van der Waals surface area contributed by atoms with Gasteiger partial charge in [0.2, 0.25) is 0 Å². The summed E-state index contributed by atoms with van der Waals surface area (Å²) in [6.45, 7) is 4.20. The Morgan fingerprint density at radius 3 is 2.60 bits per heavy atom. The fourth-order valence-electron chi connectivity index (χ4n) is 2.17. The highest BCUT2D eigenvalue weighted by Crippen LogP contribution is 2.23. The van der Waals surface area contributed by atoms with Crippen molar-refractivity contribution in [3.8, 4) is 16.9 Å².